The van der Waals surface area contributed by atoms with Crippen molar-refractivity contribution < 1.29 is 9.47 Å². The maximum Gasteiger partial charge on any atom is 0.126 e. The molecule has 3 rings (SSSR count). The van der Waals surface area contributed by atoms with E-state index in [2.05, 4.69) is 25.8 Å². The van der Waals surface area contributed by atoms with E-state index >= 15 is 0 Å². The van der Waals surface area contributed by atoms with Crippen molar-refractivity contribution in [2.45, 2.75) is 50.9 Å². The van der Waals surface area contributed by atoms with Crippen LogP contribution in [0.15, 0.2) is 24.3 Å². The third-order valence-corrected chi connectivity index (χ3v) is 4.48. The van der Waals surface area contributed by atoms with Crippen molar-refractivity contribution in [3.63, 3.8) is 0 Å². The first-order chi connectivity index (χ1) is 8.95. The van der Waals surface area contributed by atoms with Gasteiger partial charge in [-0.15, -0.1) is 6.42 Å². The number of para-hydroxylation sites is 1. The van der Waals surface area contributed by atoms with Gasteiger partial charge in [0.1, 0.15) is 17.0 Å². The van der Waals surface area contributed by atoms with Crippen LogP contribution in [0.1, 0.15) is 45.3 Å². The number of ether oxygens (including phenoxy) is 2. The second-order valence-electron chi connectivity index (χ2n) is 6.30. The van der Waals surface area contributed by atoms with E-state index in [0.717, 1.165) is 24.2 Å². The second kappa shape index (κ2) is 4.02. The molecule has 1 aromatic rings. The summed E-state index contributed by atoms with van der Waals surface area (Å²) in [6.45, 7) is 6.29. The van der Waals surface area contributed by atoms with Crippen LogP contribution in [0.5, 0.6) is 5.75 Å². The van der Waals surface area contributed by atoms with E-state index in [-0.39, 0.29) is 11.7 Å². The van der Waals surface area contributed by atoms with Gasteiger partial charge in [-0.1, -0.05) is 24.1 Å². The molecule has 100 valence electrons. The summed E-state index contributed by atoms with van der Waals surface area (Å²) in [5.74, 6) is 4.09. The molecular weight excluding hydrogens is 236 g/mol. The summed E-state index contributed by atoms with van der Waals surface area (Å²) >= 11 is 0. The SMILES string of the molecule is C#C[C@]1(C)CC[C@H]2[C@H](O1)c1ccccc1OC2(C)C. The number of terminal acetylenes is 1. The molecule has 0 bridgehead atoms. The molecule has 0 spiro atoms. The lowest BCUT2D eigenvalue weighted by molar-refractivity contribution is -0.169. The maximum absolute atomic E-state index is 6.27. The van der Waals surface area contributed by atoms with E-state index in [1.54, 1.807) is 0 Å². The zero-order chi connectivity index (χ0) is 13.7. The Morgan fingerprint density at radius 1 is 1.26 bits per heavy atom. The van der Waals surface area contributed by atoms with Crippen molar-refractivity contribution in [3.05, 3.63) is 29.8 Å². The van der Waals surface area contributed by atoms with Crippen LogP contribution in [-0.2, 0) is 4.74 Å². The Kier molecular flexibility index (Phi) is 2.66. The largest absolute Gasteiger partial charge is 0.487 e. The maximum atomic E-state index is 6.27. The minimum absolute atomic E-state index is 0.0368. The second-order valence-corrected chi connectivity index (χ2v) is 6.30. The first-order valence-electron chi connectivity index (χ1n) is 6.89. The number of hydrogen-bond acceptors (Lipinski definition) is 2. The molecule has 0 radical (unpaired) electrons. The summed E-state index contributed by atoms with van der Waals surface area (Å²) in [7, 11) is 0. The molecule has 1 saturated heterocycles. The molecular formula is C17H20O2. The molecule has 2 aliphatic rings. The van der Waals surface area contributed by atoms with Gasteiger partial charge in [-0.05, 0) is 39.7 Å². The van der Waals surface area contributed by atoms with Gasteiger partial charge in [0.2, 0.25) is 0 Å². The van der Waals surface area contributed by atoms with E-state index in [1.807, 2.05) is 25.1 Å². The van der Waals surface area contributed by atoms with Crippen LogP contribution in [0, 0.1) is 18.3 Å². The van der Waals surface area contributed by atoms with Gasteiger partial charge >= 0.3 is 0 Å². The van der Waals surface area contributed by atoms with E-state index in [9.17, 15) is 0 Å². The van der Waals surface area contributed by atoms with Crippen molar-refractivity contribution in [2.75, 3.05) is 0 Å². The fraction of sp³-hybridized carbons (Fsp3) is 0.529. The molecule has 0 N–H and O–H groups in total. The Hall–Kier alpha value is -1.46. The zero-order valence-corrected chi connectivity index (χ0v) is 11.8. The quantitative estimate of drug-likeness (QED) is 0.659. The van der Waals surface area contributed by atoms with Crippen LogP contribution >= 0.6 is 0 Å². The molecule has 2 heterocycles. The van der Waals surface area contributed by atoms with Gasteiger partial charge < -0.3 is 9.47 Å². The molecule has 1 aromatic carbocycles. The monoisotopic (exact) mass is 256 g/mol. The minimum Gasteiger partial charge on any atom is -0.487 e. The van der Waals surface area contributed by atoms with Gasteiger partial charge in [0.05, 0.1) is 6.10 Å². The third kappa shape index (κ3) is 1.93. The van der Waals surface area contributed by atoms with Crippen LogP contribution in [0.4, 0.5) is 0 Å². The van der Waals surface area contributed by atoms with E-state index in [1.165, 1.54) is 0 Å². The molecule has 0 amide bonds. The highest BCUT2D eigenvalue weighted by molar-refractivity contribution is 5.39. The molecule has 2 heteroatoms. The number of fused-ring (bicyclic) bond motifs is 3. The third-order valence-electron chi connectivity index (χ3n) is 4.48. The Bertz CT molecular complexity index is 540. The molecule has 0 aromatic heterocycles. The van der Waals surface area contributed by atoms with Crippen LogP contribution in [0.3, 0.4) is 0 Å². The predicted octanol–water partition coefficient (Wildman–Crippen LogP) is 3.72. The summed E-state index contributed by atoms with van der Waals surface area (Å²) in [6.07, 6.45) is 7.60. The molecule has 1 fully saturated rings. The lowest BCUT2D eigenvalue weighted by Gasteiger charge is -2.50. The first-order valence-corrected chi connectivity index (χ1v) is 6.89. The fourth-order valence-electron chi connectivity index (χ4n) is 3.27. The molecule has 0 unspecified atom stereocenters. The van der Waals surface area contributed by atoms with Crippen LogP contribution in [-0.4, -0.2) is 11.2 Å². The molecule has 0 aliphatic carbocycles. The van der Waals surface area contributed by atoms with E-state index in [0.29, 0.717) is 5.92 Å². The summed E-state index contributed by atoms with van der Waals surface area (Å²) < 4.78 is 12.4. The van der Waals surface area contributed by atoms with Gasteiger partial charge in [-0.3, -0.25) is 0 Å². The van der Waals surface area contributed by atoms with Crippen LogP contribution in [0.2, 0.25) is 0 Å². The number of benzene rings is 1. The van der Waals surface area contributed by atoms with Crippen molar-refractivity contribution >= 4 is 0 Å². The summed E-state index contributed by atoms with van der Waals surface area (Å²) in [5.41, 5.74) is 0.462. The fourth-order valence-corrected chi connectivity index (χ4v) is 3.27. The number of rotatable bonds is 0. The summed E-state index contributed by atoms with van der Waals surface area (Å²) in [5, 5.41) is 0. The lowest BCUT2D eigenvalue weighted by Crippen LogP contribution is -2.50. The van der Waals surface area contributed by atoms with Crippen molar-refractivity contribution in [1.82, 2.24) is 0 Å². The van der Waals surface area contributed by atoms with Crippen LogP contribution in [0.25, 0.3) is 0 Å². The molecule has 0 saturated carbocycles. The Morgan fingerprint density at radius 2 is 2.00 bits per heavy atom. The minimum atomic E-state index is -0.457. The van der Waals surface area contributed by atoms with Crippen molar-refractivity contribution in [1.29, 1.82) is 0 Å². The summed E-state index contributed by atoms with van der Waals surface area (Å²) in [4.78, 5) is 0. The Morgan fingerprint density at radius 3 is 2.74 bits per heavy atom. The van der Waals surface area contributed by atoms with Crippen molar-refractivity contribution in [2.24, 2.45) is 5.92 Å². The molecule has 3 atom stereocenters. The van der Waals surface area contributed by atoms with Gasteiger partial charge in [0.25, 0.3) is 0 Å². The highest BCUT2D eigenvalue weighted by atomic mass is 16.5. The highest BCUT2D eigenvalue weighted by Gasteiger charge is 2.49. The van der Waals surface area contributed by atoms with Gasteiger partial charge in [0.15, 0.2) is 0 Å². The van der Waals surface area contributed by atoms with Gasteiger partial charge in [-0.25, -0.2) is 0 Å². The normalized spacial score (nSPS) is 35.5. The first kappa shape index (κ1) is 12.6. The topological polar surface area (TPSA) is 18.5 Å². The average Bonchev–Trinajstić information content (AvgIpc) is 2.38. The average molecular weight is 256 g/mol. The van der Waals surface area contributed by atoms with Gasteiger partial charge in [-0.2, -0.15) is 0 Å². The predicted molar refractivity (Wildman–Crippen MR) is 74.9 cm³/mol. The highest BCUT2D eigenvalue weighted by Crippen LogP contribution is 2.52. The smallest absolute Gasteiger partial charge is 0.126 e. The zero-order valence-electron chi connectivity index (χ0n) is 11.8. The van der Waals surface area contributed by atoms with E-state index in [4.69, 9.17) is 15.9 Å². The Labute approximate surface area is 115 Å². The van der Waals surface area contributed by atoms with Crippen LogP contribution < -0.4 is 4.74 Å². The lowest BCUT2D eigenvalue weighted by atomic mass is 9.73. The molecule has 2 aliphatic heterocycles. The standard InChI is InChI=1S/C17H20O2/c1-5-17(4)11-10-13-15(19-17)12-8-6-7-9-14(12)18-16(13,2)3/h1,6-9,13,15H,10-11H2,2-4H3/t13-,15+,17+/m0/s1. The van der Waals surface area contributed by atoms with Gasteiger partial charge in [0, 0.05) is 11.5 Å². The van der Waals surface area contributed by atoms with Crippen molar-refractivity contribution in [3.8, 4) is 18.1 Å². The Balaban J connectivity index is 2.06. The molecule has 2 nitrogen and oxygen atoms in total. The number of hydrogen-bond donors (Lipinski definition) is 0. The molecule has 19 heavy (non-hydrogen) atoms. The van der Waals surface area contributed by atoms with E-state index < -0.39 is 5.60 Å². The summed E-state index contributed by atoms with van der Waals surface area (Å²) in [6, 6.07) is 8.13.